The molecule has 0 bridgehead atoms. The van der Waals surface area contributed by atoms with Crippen LogP contribution in [0.2, 0.25) is 0 Å². The number of methoxy groups -OCH3 is 1. The van der Waals surface area contributed by atoms with E-state index in [-0.39, 0.29) is 16.9 Å². The van der Waals surface area contributed by atoms with Crippen LogP contribution in [0.4, 0.5) is 13.2 Å². The Morgan fingerprint density at radius 3 is 1.86 bits per heavy atom. The van der Waals surface area contributed by atoms with Crippen molar-refractivity contribution in [3.8, 4) is 28.0 Å². The highest BCUT2D eigenvalue weighted by Gasteiger charge is 2.16. The summed E-state index contributed by atoms with van der Waals surface area (Å²) < 4.78 is 49.2. The van der Waals surface area contributed by atoms with Crippen LogP contribution >= 0.6 is 0 Å². The second-order valence-electron chi connectivity index (χ2n) is 8.79. The summed E-state index contributed by atoms with van der Waals surface area (Å²) in [6, 6.07) is 22.6. The van der Waals surface area contributed by atoms with Gasteiger partial charge in [0.1, 0.15) is 11.6 Å². The Kier molecular flexibility index (Phi) is 8.27. The van der Waals surface area contributed by atoms with Crippen molar-refractivity contribution in [2.75, 3.05) is 7.11 Å². The standard InChI is InChI=1S/C32H29F3O/c1-3-4-5-6-22-7-12-24(13-8-22)28-19-20-29(32(35)31(28)34)25-14-9-23(10-15-25)11-16-26-17-18-27(36-2)21-30(26)33/h7-21H,3-6H2,1-2H3/b16-11+. The number of aryl methyl sites for hydroxylation is 1. The molecular weight excluding hydrogens is 457 g/mol. The first-order chi connectivity index (χ1) is 17.5. The Hall–Kier alpha value is -3.79. The van der Waals surface area contributed by atoms with E-state index in [2.05, 4.69) is 6.92 Å². The average Bonchev–Trinajstić information content (AvgIpc) is 2.90. The normalized spacial score (nSPS) is 11.2. The van der Waals surface area contributed by atoms with E-state index in [9.17, 15) is 4.39 Å². The lowest BCUT2D eigenvalue weighted by atomic mass is 9.97. The molecule has 0 aromatic heterocycles. The maximum absolute atomic E-state index is 15.1. The highest BCUT2D eigenvalue weighted by molar-refractivity contribution is 5.75. The lowest BCUT2D eigenvalue weighted by Gasteiger charge is -2.10. The monoisotopic (exact) mass is 486 g/mol. The summed E-state index contributed by atoms with van der Waals surface area (Å²) in [6.07, 6.45) is 7.89. The zero-order valence-corrected chi connectivity index (χ0v) is 20.5. The second kappa shape index (κ2) is 11.8. The third kappa shape index (κ3) is 5.88. The van der Waals surface area contributed by atoms with Gasteiger partial charge in [-0.1, -0.05) is 92.6 Å². The lowest BCUT2D eigenvalue weighted by Crippen LogP contribution is -1.94. The van der Waals surface area contributed by atoms with E-state index in [4.69, 9.17) is 4.74 Å². The minimum atomic E-state index is -0.872. The molecule has 0 unspecified atom stereocenters. The maximum Gasteiger partial charge on any atom is 0.167 e. The first-order valence-electron chi connectivity index (χ1n) is 12.2. The molecular formula is C32H29F3O. The Morgan fingerprint density at radius 2 is 1.31 bits per heavy atom. The van der Waals surface area contributed by atoms with Gasteiger partial charge in [-0.15, -0.1) is 0 Å². The maximum atomic E-state index is 15.1. The molecule has 0 saturated carbocycles. The van der Waals surface area contributed by atoms with Gasteiger partial charge in [-0.25, -0.2) is 13.2 Å². The predicted molar refractivity (Wildman–Crippen MR) is 142 cm³/mol. The van der Waals surface area contributed by atoms with Crippen molar-refractivity contribution in [3.63, 3.8) is 0 Å². The van der Waals surface area contributed by atoms with Crippen LogP contribution in [-0.2, 0) is 6.42 Å². The molecule has 0 aliphatic rings. The average molecular weight is 487 g/mol. The van der Waals surface area contributed by atoms with Crippen LogP contribution < -0.4 is 4.74 Å². The molecule has 0 spiro atoms. The Balaban J connectivity index is 1.50. The van der Waals surface area contributed by atoms with Crippen molar-refractivity contribution in [2.24, 2.45) is 0 Å². The smallest absolute Gasteiger partial charge is 0.167 e. The molecule has 4 aromatic rings. The Labute approximate surface area is 210 Å². The predicted octanol–water partition coefficient (Wildman–Crippen LogP) is 9.35. The van der Waals surface area contributed by atoms with Gasteiger partial charge >= 0.3 is 0 Å². The number of halogens is 3. The van der Waals surface area contributed by atoms with Gasteiger partial charge in [-0.05, 0) is 47.2 Å². The van der Waals surface area contributed by atoms with Gasteiger partial charge in [-0.2, -0.15) is 0 Å². The molecule has 0 atom stereocenters. The zero-order chi connectivity index (χ0) is 25.5. The molecule has 0 radical (unpaired) electrons. The van der Waals surface area contributed by atoms with Crippen molar-refractivity contribution in [1.29, 1.82) is 0 Å². The quantitative estimate of drug-likeness (QED) is 0.169. The zero-order valence-electron chi connectivity index (χ0n) is 20.5. The summed E-state index contributed by atoms with van der Waals surface area (Å²) in [6.45, 7) is 2.17. The number of benzene rings is 4. The minimum Gasteiger partial charge on any atom is -0.497 e. The first-order valence-corrected chi connectivity index (χ1v) is 12.2. The molecule has 4 heteroatoms. The number of unbranched alkanes of at least 4 members (excludes halogenated alkanes) is 2. The van der Waals surface area contributed by atoms with Gasteiger partial charge in [0.15, 0.2) is 11.6 Å². The van der Waals surface area contributed by atoms with Crippen LogP contribution in [0.5, 0.6) is 5.75 Å². The van der Waals surface area contributed by atoms with Gasteiger partial charge in [0.2, 0.25) is 0 Å². The van der Waals surface area contributed by atoms with Gasteiger partial charge in [-0.3, -0.25) is 0 Å². The van der Waals surface area contributed by atoms with Crippen LogP contribution in [0, 0.1) is 17.5 Å². The van der Waals surface area contributed by atoms with E-state index in [0.717, 1.165) is 24.8 Å². The minimum absolute atomic E-state index is 0.198. The van der Waals surface area contributed by atoms with Crippen molar-refractivity contribution in [2.45, 2.75) is 32.6 Å². The molecule has 0 heterocycles. The number of hydrogen-bond acceptors (Lipinski definition) is 1. The first kappa shape index (κ1) is 25.3. The number of rotatable bonds is 9. The fourth-order valence-electron chi connectivity index (χ4n) is 4.16. The molecule has 36 heavy (non-hydrogen) atoms. The number of hydrogen-bond donors (Lipinski definition) is 0. The molecule has 0 N–H and O–H groups in total. The van der Waals surface area contributed by atoms with Crippen LogP contribution in [0.15, 0.2) is 78.9 Å². The molecule has 0 saturated heterocycles. The van der Waals surface area contributed by atoms with E-state index >= 15 is 8.78 Å². The van der Waals surface area contributed by atoms with Gasteiger partial charge in [0.05, 0.1) is 7.11 Å². The third-order valence-electron chi connectivity index (χ3n) is 6.30. The van der Waals surface area contributed by atoms with E-state index in [1.807, 2.05) is 24.3 Å². The highest BCUT2D eigenvalue weighted by atomic mass is 19.2. The SMILES string of the molecule is CCCCCc1ccc(-c2ccc(-c3ccc(/C=C/c4ccc(OC)cc4F)cc3)c(F)c2F)cc1. The van der Waals surface area contributed by atoms with Gasteiger partial charge < -0.3 is 4.74 Å². The summed E-state index contributed by atoms with van der Waals surface area (Å²) in [5.74, 6) is -1.66. The lowest BCUT2D eigenvalue weighted by molar-refractivity contribution is 0.411. The fourth-order valence-corrected chi connectivity index (χ4v) is 4.16. The van der Waals surface area contributed by atoms with E-state index < -0.39 is 11.6 Å². The Morgan fingerprint density at radius 1 is 0.694 bits per heavy atom. The summed E-state index contributed by atoms with van der Waals surface area (Å²) in [7, 11) is 1.49. The molecule has 0 fully saturated rings. The molecule has 184 valence electrons. The molecule has 0 aliphatic heterocycles. The third-order valence-corrected chi connectivity index (χ3v) is 6.30. The van der Waals surface area contributed by atoms with Crippen LogP contribution in [0.1, 0.15) is 42.9 Å². The molecule has 0 aliphatic carbocycles. The van der Waals surface area contributed by atoms with Crippen LogP contribution in [-0.4, -0.2) is 7.11 Å². The van der Waals surface area contributed by atoms with Crippen molar-refractivity contribution < 1.29 is 17.9 Å². The van der Waals surface area contributed by atoms with Crippen LogP contribution in [0.3, 0.4) is 0 Å². The molecule has 4 aromatic carbocycles. The summed E-state index contributed by atoms with van der Waals surface area (Å²) in [5.41, 5.74) is 4.11. The summed E-state index contributed by atoms with van der Waals surface area (Å²) in [4.78, 5) is 0. The summed E-state index contributed by atoms with van der Waals surface area (Å²) in [5, 5.41) is 0. The molecule has 4 rings (SSSR count). The van der Waals surface area contributed by atoms with E-state index in [1.165, 1.54) is 25.2 Å². The molecule has 1 nitrogen and oxygen atoms in total. The van der Waals surface area contributed by atoms with E-state index in [0.29, 0.717) is 22.4 Å². The van der Waals surface area contributed by atoms with Crippen molar-refractivity contribution >= 4 is 12.2 Å². The van der Waals surface area contributed by atoms with Gasteiger partial charge in [0.25, 0.3) is 0 Å². The highest BCUT2D eigenvalue weighted by Crippen LogP contribution is 2.32. The van der Waals surface area contributed by atoms with Crippen molar-refractivity contribution in [3.05, 3.63) is 113 Å². The van der Waals surface area contributed by atoms with E-state index in [1.54, 1.807) is 60.7 Å². The summed E-state index contributed by atoms with van der Waals surface area (Å²) >= 11 is 0. The topological polar surface area (TPSA) is 9.23 Å². The largest absolute Gasteiger partial charge is 0.497 e. The van der Waals surface area contributed by atoms with Crippen LogP contribution in [0.25, 0.3) is 34.4 Å². The fraction of sp³-hybridized carbons (Fsp3) is 0.188. The van der Waals surface area contributed by atoms with Crippen molar-refractivity contribution in [1.82, 2.24) is 0 Å². The molecule has 0 amide bonds. The second-order valence-corrected chi connectivity index (χ2v) is 8.79. The van der Waals surface area contributed by atoms with Gasteiger partial charge in [0, 0.05) is 22.8 Å². The number of ether oxygens (including phenoxy) is 1. The Bertz CT molecular complexity index is 1340.